The predicted octanol–water partition coefficient (Wildman–Crippen LogP) is 1.20. The molecule has 2 rings (SSSR count). The molecular weight excluding hydrogens is 218 g/mol. The molecule has 0 aliphatic rings. The summed E-state index contributed by atoms with van der Waals surface area (Å²) in [6, 6.07) is 4.98. The van der Waals surface area contributed by atoms with Crippen molar-refractivity contribution in [3.63, 3.8) is 0 Å². The van der Waals surface area contributed by atoms with Crippen LogP contribution in [0.15, 0.2) is 24.4 Å². The minimum Gasteiger partial charge on any atom is -0.397 e. The van der Waals surface area contributed by atoms with Gasteiger partial charge in [0.25, 0.3) is 5.91 Å². The first-order valence-corrected chi connectivity index (χ1v) is 5.26. The zero-order valence-corrected chi connectivity index (χ0v) is 9.40. The van der Waals surface area contributed by atoms with Crippen molar-refractivity contribution in [2.75, 3.05) is 11.1 Å². The van der Waals surface area contributed by atoms with E-state index in [1.165, 1.54) is 6.20 Å². The van der Waals surface area contributed by atoms with Crippen molar-refractivity contribution >= 4 is 17.4 Å². The first-order chi connectivity index (χ1) is 8.19. The van der Waals surface area contributed by atoms with Crippen LogP contribution in [0.4, 0.5) is 11.5 Å². The number of carbonyl (C=O) groups is 1. The molecule has 0 bridgehead atoms. The molecule has 1 amide bonds. The van der Waals surface area contributed by atoms with Crippen LogP contribution in [0.1, 0.15) is 23.1 Å². The maximum absolute atomic E-state index is 11.8. The van der Waals surface area contributed by atoms with Crippen LogP contribution in [0.25, 0.3) is 0 Å². The summed E-state index contributed by atoms with van der Waals surface area (Å²) < 4.78 is 0. The number of pyridine rings is 1. The SMILES string of the molecule is CCc1cc(NC(=O)c2ccc(N)cn2)n[nH]1. The van der Waals surface area contributed by atoms with Crippen molar-refractivity contribution in [2.24, 2.45) is 0 Å². The molecule has 4 N–H and O–H groups in total. The van der Waals surface area contributed by atoms with Crippen molar-refractivity contribution < 1.29 is 4.79 Å². The molecule has 6 nitrogen and oxygen atoms in total. The molecule has 0 unspecified atom stereocenters. The zero-order chi connectivity index (χ0) is 12.3. The van der Waals surface area contributed by atoms with E-state index in [9.17, 15) is 4.79 Å². The third-order valence-corrected chi connectivity index (χ3v) is 2.27. The second-order valence-corrected chi connectivity index (χ2v) is 3.56. The fourth-order valence-electron chi connectivity index (χ4n) is 1.33. The molecule has 2 aromatic heterocycles. The Balaban J connectivity index is 2.08. The molecule has 88 valence electrons. The summed E-state index contributed by atoms with van der Waals surface area (Å²) in [5.41, 5.74) is 7.28. The van der Waals surface area contributed by atoms with Gasteiger partial charge in [0.2, 0.25) is 0 Å². The van der Waals surface area contributed by atoms with Crippen molar-refractivity contribution in [3.8, 4) is 0 Å². The average Bonchev–Trinajstić information content (AvgIpc) is 2.77. The summed E-state index contributed by atoms with van der Waals surface area (Å²) in [6.07, 6.45) is 2.28. The normalized spacial score (nSPS) is 10.2. The molecule has 6 heteroatoms. The average molecular weight is 231 g/mol. The molecule has 0 aliphatic carbocycles. The molecule has 0 radical (unpaired) electrons. The molecular formula is C11H13N5O. The summed E-state index contributed by atoms with van der Waals surface area (Å²) in [7, 11) is 0. The lowest BCUT2D eigenvalue weighted by Gasteiger charge is -2.00. The Hall–Kier alpha value is -2.37. The van der Waals surface area contributed by atoms with Gasteiger partial charge >= 0.3 is 0 Å². The Kier molecular flexibility index (Phi) is 3.04. The van der Waals surface area contributed by atoms with Gasteiger partial charge in [-0.3, -0.25) is 9.89 Å². The van der Waals surface area contributed by atoms with E-state index in [0.29, 0.717) is 17.2 Å². The number of carbonyl (C=O) groups excluding carboxylic acids is 1. The predicted molar refractivity (Wildman–Crippen MR) is 64.6 cm³/mol. The number of aryl methyl sites for hydroxylation is 1. The number of nitrogens with two attached hydrogens (primary N) is 1. The number of amides is 1. The molecule has 0 saturated heterocycles. The van der Waals surface area contributed by atoms with Crippen molar-refractivity contribution in [3.05, 3.63) is 35.8 Å². The lowest BCUT2D eigenvalue weighted by Crippen LogP contribution is -2.13. The summed E-state index contributed by atoms with van der Waals surface area (Å²) in [4.78, 5) is 15.7. The first kappa shape index (κ1) is 11.1. The van der Waals surface area contributed by atoms with Gasteiger partial charge in [-0.2, -0.15) is 5.10 Å². The Labute approximate surface area is 98.3 Å². The molecule has 17 heavy (non-hydrogen) atoms. The fourth-order valence-corrected chi connectivity index (χ4v) is 1.33. The summed E-state index contributed by atoms with van der Waals surface area (Å²) in [5.74, 6) is 0.185. The highest BCUT2D eigenvalue weighted by atomic mass is 16.1. The minimum atomic E-state index is -0.306. The van der Waals surface area contributed by atoms with E-state index in [1.54, 1.807) is 18.2 Å². The number of nitrogen functional groups attached to an aromatic ring is 1. The van der Waals surface area contributed by atoms with Gasteiger partial charge in [0.15, 0.2) is 5.82 Å². The highest BCUT2D eigenvalue weighted by Gasteiger charge is 2.09. The number of H-pyrrole nitrogens is 1. The number of aromatic nitrogens is 3. The highest BCUT2D eigenvalue weighted by Crippen LogP contribution is 2.08. The lowest BCUT2D eigenvalue weighted by atomic mass is 10.3. The van der Waals surface area contributed by atoms with Crippen LogP contribution in [0.2, 0.25) is 0 Å². The van der Waals surface area contributed by atoms with Crippen LogP contribution in [-0.2, 0) is 6.42 Å². The fraction of sp³-hybridized carbons (Fsp3) is 0.182. The quantitative estimate of drug-likeness (QED) is 0.739. The molecule has 0 atom stereocenters. The number of anilines is 2. The molecule has 0 spiro atoms. The number of nitrogens with one attached hydrogen (secondary N) is 2. The molecule has 0 fully saturated rings. The second kappa shape index (κ2) is 4.65. The molecule has 2 heterocycles. The number of nitrogens with zero attached hydrogens (tertiary/aromatic N) is 2. The van der Waals surface area contributed by atoms with E-state index < -0.39 is 0 Å². The van der Waals surface area contributed by atoms with Crippen molar-refractivity contribution in [2.45, 2.75) is 13.3 Å². The monoisotopic (exact) mass is 231 g/mol. The maximum atomic E-state index is 11.8. The van der Waals surface area contributed by atoms with Gasteiger partial charge in [-0.15, -0.1) is 0 Å². The Bertz CT molecular complexity index is 517. The van der Waals surface area contributed by atoms with E-state index in [2.05, 4.69) is 20.5 Å². The Morgan fingerprint density at radius 1 is 1.53 bits per heavy atom. The number of aromatic amines is 1. The minimum absolute atomic E-state index is 0.306. The first-order valence-electron chi connectivity index (χ1n) is 5.26. The van der Waals surface area contributed by atoms with Crippen LogP contribution in [0, 0.1) is 0 Å². The van der Waals surface area contributed by atoms with E-state index in [0.717, 1.165) is 12.1 Å². The topological polar surface area (TPSA) is 96.7 Å². The van der Waals surface area contributed by atoms with Gasteiger partial charge in [-0.25, -0.2) is 4.98 Å². The van der Waals surface area contributed by atoms with Crippen molar-refractivity contribution in [1.82, 2.24) is 15.2 Å². The largest absolute Gasteiger partial charge is 0.397 e. The van der Waals surface area contributed by atoms with Gasteiger partial charge in [0, 0.05) is 11.8 Å². The van der Waals surface area contributed by atoms with Gasteiger partial charge < -0.3 is 11.1 Å². The summed E-state index contributed by atoms with van der Waals surface area (Å²) in [5, 5.41) is 9.42. The summed E-state index contributed by atoms with van der Waals surface area (Å²) >= 11 is 0. The standard InChI is InChI=1S/C11H13N5O/c1-2-8-5-10(16-15-8)14-11(17)9-4-3-7(12)6-13-9/h3-6H,2,12H2,1H3,(H2,14,15,16,17). The number of rotatable bonds is 3. The lowest BCUT2D eigenvalue weighted by molar-refractivity contribution is 0.102. The van der Waals surface area contributed by atoms with Gasteiger partial charge in [-0.05, 0) is 18.6 Å². The number of hydrogen-bond donors (Lipinski definition) is 3. The zero-order valence-electron chi connectivity index (χ0n) is 9.40. The highest BCUT2D eigenvalue weighted by molar-refractivity contribution is 6.02. The van der Waals surface area contributed by atoms with Gasteiger partial charge in [0.1, 0.15) is 5.69 Å². The van der Waals surface area contributed by atoms with E-state index in [4.69, 9.17) is 5.73 Å². The van der Waals surface area contributed by atoms with Gasteiger partial charge in [-0.1, -0.05) is 6.92 Å². The molecule has 0 aliphatic heterocycles. The maximum Gasteiger partial charge on any atom is 0.275 e. The van der Waals surface area contributed by atoms with Crippen LogP contribution >= 0.6 is 0 Å². The Morgan fingerprint density at radius 2 is 2.35 bits per heavy atom. The smallest absolute Gasteiger partial charge is 0.275 e. The Morgan fingerprint density at radius 3 is 2.94 bits per heavy atom. The summed E-state index contributed by atoms with van der Waals surface area (Å²) in [6.45, 7) is 2.00. The van der Waals surface area contributed by atoms with E-state index in [1.807, 2.05) is 6.92 Å². The number of hydrogen-bond acceptors (Lipinski definition) is 4. The third-order valence-electron chi connectivity index (χ3n) is 2.27. The second-order valence-electron chi connectivity index (χ2n) is 3.56. The van der Waals surface area contributed by atoms with Gasteiger partial charge in [0.05, 0.1) is 11.9 Å². The van der Waals surface area contributed by atoms with Crippen LogP contribution in [-0.4, -0.2) is 21.1 Å². The molecule has 0 aromatic carbocycles. The molecule has 2 aromatic rings. The molecule has 0 saturated carbocycles. The van der Waals surface area contributed by atoms with Crippen molar-refractivity contribution in [1.29, 1.82) is 0 Å². The van der Waals surface area contributed by atoms with E-state index >= 15 is 0 Å². The van der Waals surface area contributed by atoms with Crippen LogP contribution in [0.3, 0.4) is 0 Å². The van der Waals surface area contributed by atoms with Crippen LogP contribution in [0.5, 0.6) is 0 Å². The third kappa shape index (κ3) is 2.60. The van der Waals surface area contributed by atoms with E-state index in [-0.39, 0.29) is 5.91 Å². The van der Waals surface area contributed by atoms with Crippen LogP contribution < -0.4 is 11.1 Å².